The Morgan fingerprint density at radius 1 is 1.37 bits per heavy atom. The Kier molecular flexibility index (Phi) is 6.02. The van der Waals surface area contributed by atoms with E-state index < -0.39 is 0 Å². The zero-order chi connectivity index (χ0) is 21.1. The van der Waals surface area contributed by atoms with E-state index in [0.29, 0.717) is 42.6 Å². The summed E-state index contributed by atoms with van der Waals surface area (Å²) >= 11 is 0. The third-order valence-electron chi connectivity index (χ3n) is 5.91. The molecule has 2 unspecified atom stereocenters. The first-order chi connectivity index (χ1) is 14.5. The summed E-state index contributed by atoms with van der Waals surface area (Å²) in [6.07, 6.45) is 8.95. The number of pyridine rings is 1. The van der Waals surface area contributed by atoms with E-state index in [0.717, 1.165) is 24.8 Å². The molecule has 7 nitrogen and oxygen atoms in total. The number of carbonyl (C=O) groups is 2. The average molecular weight is 408 g/mol. The quantitative estimate of drug-likeness (QED) is 0.720. The van der Waals surface area contributed by atoms with E-state index >= 15 is 0 Å². The minimum absolute atomic E-state index is 0.0207. The van der Waals surface area contributed by atoms with Gasteiger partial charge in [-0.1, -0.05) is 25.8 Å². The van der Waals surface area contributed by atoms with Gasteiger partial charge in [-0.2, -0.15) is 0 Å². The number of hydrogen-bond acceptors (Lipinski definition) is 4. The second-order valence-corrected chi connectivity index (χ2v) is 8.29. The van der Waals surface area contributed by atoms with E-state index in [9.17, 15) is 9.59 Å². The standard InChI is InChI=1S/C23H29N5O2/c1-2-5-16-6-3-7-17(12-16)13-25-22(29)20-8-4-9-21-26-19(15-28(20)21)23(30)27-11-10-18(24)14-27/h3-4,8-9,15-16,18H,2,5-6,10-14,24H2,1H3,(H,25,29). The van der Waals surface area contributed by atoms with E-state index in [4.69, 9.17) is 5.73 Å². The molecule has 2 aromatic heterocycles. The molecule has 3 N–H and O–H groups in total. The number of carbonyl (C=O) groups excluding carboxylic acids is 2. The molecular formula is C23H29N5O2. The van der Waals surface area contributed by atoms with Gasteiger partial charge < -0.3 is 16.0 Å². The van der Waals surface area contributed by atoms with Crippen LogP contribution in [0.5, 0.6) is 0 Å². The summed E-state index contributed by atoms with van der Waals surface area (Å²) < 4.78 is 1.68. The minimum Gasteiger partial charge on any atom is -0.346 e. The van der Waals surface area contributed by atoms with Crippen molar-refractivity contribution < 1.29 is 9.59 Å². The molecule has 0 saturated carbocycles. The predicted octanol–water partition coefficient (Wildman–Crippen LogP) is 2.53. The van der Waals surface area contributed by atoms with Crippen molar-refractivity contribution in [3.05, 3.63) is 53.2 Å². The van der Waals surface area contributed by atoms with Gasteiger partial charge in [0.05, 0.1) is 0 Å². The average Bonchev–Trinajstić information content (AvgIpc) is 3.38. The molecule has 30 heavy (non-hydrogen) atoms. The van der Waals surface area contributed by atoms with Gasteiger partial charge in [0, 0.05) is 31.9 Å². The summed E-state index contributed by atoms with van der Waals surface area (Å²) in [4.78, 5) is 31.8. The number of aromatic nitrogens is 2. The molecular weight excluding hydrogens is 378 g/mol. The zero-order valence-corrected chi connectivity index (χ0v) is 17.4. The number of amides is 2. The first-order valence-corrected chi connectivity index (χ1v) is 10.8. The van der Waals surface area contributed by atoms with Gasteiger partial charge in [0.25, 0.3) is 11.8 Å². The molecule has 1 aliphatic carbocycles. The molecule has 2 atom stereocenters. The fourth-order valence-electron chi connectivity index (χ4n) is 4.32. The third kappa shape index (κ3) is 4.32. The van der Waals surface area contributed by atoms with Crippen molar-refractivity contribution in [2.75, 3.05) is 19.6 Å². The second kappa shape index (κ2) is 8.86. The highest BCUT2D eigenvalue weighted by Crippen LogP contribution is 2.23. The van der Waals surface area contributed by atoms with E-state index in [1.165, 1.54) is 12.8 Å². The van der Waals surface area contributed by atoms with Crippen LogP contribution in [0.25, 0.3) is 5.65 Å². The first-order valence-electron chi connectivity index (χ1n) is 10.8. The molecule has 1 aliphatic heterocycles. The SMILES string of the molecule is CCCC1CC=C=C(CNC(=O)c2cccc3nc(C(=O)N4CCC(N)C4)cn23)C1. The number of rotatable bonds is 6. The molecule has 158 valence electrons. The maximum absolute atomic E-state index is 12.9. The van der Waals surface area contributed by atoms with Gasteiger partial charge in [-0.05, 0) is 49.0 Å². The van der Waals surface area contributed by atoms with Crippen LogP contribution in [0.1, 0.15) is 60.0 Å². The van der Waals surface area contributed by atoms with Crippen molar-refractivity contribution in [3.63, 3.8) is 0 Å². The minimum atomic E-state index is -0.188. The summed E-state index contributed by atoms with van der Waals surface area (Å²) in [6.45, 7) is 3.87. The predicted molar refractivity (Wildman–Crippen MR) is 115 cm³/mol. The lowest BCUT2D eigenvalue weighted by molar-refractivity contribution is 0.0785. The van der Waals surface area contributed by atoms with Gasteiger partial charge in [0.2, 0.25) is 0 Å². The monoisotopic (exact) mass is 407 g/mol. The molecule has 0 bridgehead atoms. The van der Waals surface area contributed by atoms with Gasteiger partial charge in [0.1, 0.15) is 17.0 Å². The molecule has 4 rings (SSSR count). The lowest BCUT2D eigenvalue weighted by Crippen LogP contribution is -2.32. The highest BCUT2D eigenvalue weighted by molar-refractivity contribution is 5.95. The molecule has 1 fully saturated rings. The lowest BCUT2D eigenvalue weighted by Gasteiger charge is -2.18. The van der Waals surface area contributed by atoms with Gasteiger partial charge >= 0.3 is 0 Å². The Bertz CT molecular complexity index is 1020. The molecule has 0 radical (unpaired) electrons. The molecule has 3 heterocycles. The fraction of sp³-hybridized carbons (Fsp3) is 0.478. The molecule has 1 saturated heterocycles. The summed E-state index contributed by atoms with van der Waals surface area (Å²) in [6, 6.07) is 5.35. The van der Waals surface area contributed by atoms with Gasteiger partial charge in [-0.15, -0.1) is 5.73 Å². The van der Waals surface area contributed by atoms with E-state index in [-0.39, 0.29) is 17.9 Å². The Morgan fingerprint density at radius 2 is 2.23 bits per heavy atom. The van der Waals surface area contributed by atoms with Crippen LogP contribution in [-0.2, 0) is 0 Å². The molecule has 2 aromatic rings. The number of likely N-dealkylation sites (tertiary alicyclic amines) is 1. The summed E-state index contributed by atoms with van der Waals surface area (Å²) in [5, 5.41) is 3.00. The molecule has 0 spiro atoms. The van der Waals surface area contributed by atoms with Crippen LogP contribution in [0, 0.1) is 5.92 Å². The number of nitrogens with one attached hydrogen (secondary N) is 1. The normalized spacial score (nSPS) is 21.1. The van der Waals surface area contributed by atoms with Crippen LogP contribution in [-0.4, -0.2) is 51.8 Å². The van der Waals surface area contributed by atoms with E-state index in [1.807, 2.05) is 0 Å². The second-order valence-electron chi connectivity index (χ2n) is 8.29. The molecule has 2 aliphatic rings. The summed E-state index contributed by atoms with van der Waals surface area (Å²) in [5.74, 6) is 0.317. The topological polar surface area (TPSA) is 92.7 Å². The van der Waals surface area contributed by atoms with Crippen molar-refractivity contribution in [3.8, 4) is 0 Å². The maximum atomic E-state index is 12.9. The highest BCUT2D eigenvalue weighted by Gasteiger charge is 2.26. The van der Waals surface area contributed by atoms with Crippen molar-refractivity contribution in [2.24, 2.45) is 11.7 Å². The summed E-state index contributed by atoms with van der Waals surface area (Å²) in [5.41, 5.74) is 11.7. The summed E-state index contributed by atoms with van der Waals surface area (Å²) in [7, 11) is 0. The number of nitrogens with two attached hydrogens (primary N) is 1. The Labute approximate surface area is 176 Å². The lowest BCUT2D eigenvalue weighted by atomic mass is 9.89. The smallest absolute Gasteiger partial charge is 0.274 e. The largest absolute Gasteiger partial charge is 0.346 e. The van der Waals surface area contributed by atoms with Gasteiger partial charge in [-0.25, -0.2) is 4.98 Å². The molecule has 7 heteroatoms. The van der Waals surface area contributed by atoms with Crippen molar-refractivity contribution >= 4 is 17.5 Å². The van der Waals surface area contributed by atoms with E-state index in [2.05, 4.69) is 29.0 Å². The van der Waals surface area contributed by atoms with Crippen LogP contribution in [0.4, 0.5) is 0 Å². The van der Waals surface area contributed by atoms with Crippen molar-refractivity contribution in [1.29, 1.82) is 0 Å². The van der Waals surface area contributed by atoms with Crippen molar-refractivity contribution in [2.45, 2.75) is 45.1 Å². The van der Waals surface area contributed by atoms with Gasteiger partial charge in [-0.3, -0.25) is 14.0 Å². The van der Waals surface area contributed by atoms with Crippen LogP contribution in [0.2, 0.25) is 0 Å². The maximum Gasteiger partial charge on any atom is 0.274 e. The Hall–Kier alpha value is -2.89. The molecule has 0 aromatic carbocycles. The van der Waals surface area contributed by atoms with Crippen LogP contribution in [0.15, 0.2) is 41.8 Å². The fourth-order valence-corrected chi connectivity index (χ4v) is 4.32. The van der Waals surface area contributed by atoms with Crippen LogP contribution >= 0.6 is 0 Å². The third-order valence-corrected chi connectivity index (χ3v) is 5.91. The van der Waals surface area contributed by atoms with Crippen molar-refractivity contribution in [1.82, 2.24) is 19.6 Å². The number of fused-ring (bicyclic) bond motifs is 1. The number of hydrogen-bond donors (Lipinski definition) is 2. The Morgan fingerprint density at radius 3 is 3.00 bits per heavy atom. The van der Waals surface area contributed by atoms with E-state index in [1.54, 1.807) is 33.7 Å². The highest BCUT2D eigenvalue weighted by atomic mass is 16.2. The van der Waals surface area contributed by atoms with Crippen LogP contribution in [0.3, 0.4) is 0 Å². The first kappa shape index (κ1) is 20.4. The zero-order valence-electron chi connectivity index (χ0n) is 17.4. The number of imidazole rings is 1. The molecule has 2 amide bonds. The Balaban J connectivity index is 1.47. The van der Waals surface area contributed by atoms with Crippen LogP contribution < -0.4 is 11.1 Å². The number of nitrogens with zero attached hydrogens (tertiary/aromatic N) is 3. The van der Waals surface area contributed by atoms with Gasteiger partial charge in [0.15, 0.2) is 0 Å².